The van der Waals surface area contributed by atoms with Crippen molar-refractivity contribution in [2.45, 2.75) is 64.2 Å². The van der Waals surface area contributed by atoms with Gasteiger partial charge in [0.05, 0.1) is 17.5 Å². The lowest BCUT2D eigenvalue weighted by atomic mass is 9.66. The summed E-state index contributed by atoms with van der Waals surface area (Å²) in [6, 6.07) is 17.4. The van der Waals surface area contributed by atoms with Crippen molar-refractivity contribution in [2.75, 3.05) is 6.54 Å². The lowest BCUT2D eigenvalue weighted by Crippen LogP contribution is -2.38. The van der Waals surface area contributed by atoms with Crippen molar-refractivity contribution in [2.24, 2.45) is 4.99 Å². The van der Waals surface area contributed by atoms with Crippen molar-refractivity contribution in [3.05, 3.63) is 59.7 Å². The monoisotopic (exact) mass is 359 g/mol. The van der Waals surface area contributed by atoms with Crippen LogP contribution in [0.25, 0.3) is 0 Å². The predicted octanol–water partition coefficient (Wildman–Crippen LogP) is 6.50. The molecule has 0 aromatic heterocycles. The molecule has 27 heavy (non-hydrogen) atoms. The third-order valence-electron chi connectivity index (χ3n) is 6.27. The van der Waals surface area contributed by atoms with E-state index in [-0.39, 0.29) is 5.41 Å². The Balaban J connectivity index is 1.75. The lowest BCUT2D eigenvalue weighted by Gasteiger charge is -2.32. The standard InChI is InChI=1S/C25H31N2/c1-3-18-27-23-13-12-20(2)19-22(23)25(15-8-5-9-16-25)24(27)14-17-26-21-10-6-4-7-11-21/h4,6-7,10-13,17,19H,3,5,8-9,14-16,18H2,1-2H3/q+1. The summed E-state index contributed by atoms with van der Waals surface area (Å²) in [6.07, 6.45) is 10.9. The number of hydrogen-bond acceptors (Lipinski definition) is 1. The second-order valence-corrected chi connectivity index (χ2v) is 8.11. The number of benzene rings is 2. The fourth-order valence-electron chi connectivity index (χ4n) is 5.08. The van der Waals surface area contributed by atoms with Crippen molar-refractivity contribution >= 4 is 23.3 Å². The SMILES string of the molecule is CCC[N+]1=C(CC=Nc2ccccc2)C2(CCCCC2)c2cc(C)ccc21. The van der Waals surface area contributed by atoms with Crippen LogP contribution in [-0.2, 0) is 5.41 Å². The Hall–Kier alpha value is -2.22. The number of hydrogen-bond donors (Lipinski definition) is 0. The molecule has 1 spiro atoms. The molecule has 1 aliphatic carbocycles. The van der Waals surface area contributed by atoms with Crippen LogP contribution in [0, 0.1) is 6.92 Å². The highest BCUT2D eigenvalue weighted by Gasteiger charge is 2.51. The maximum atomic E-state index is 4.75. The number of rotatable bonds is 5. The Labute approximate surface area is 163 Å². The van der Waals surface area contributed by atoms with Gasteiger partial charge in [0.2, 0.25) is 5.69 Å². The van der Waals surface area contributed by atoms with E-state index in [0.29, 0.717) is 0 Å². The molecule has 0 atom stereocenters. The number of nitrogens with zero attached hydrogens (tertiary/aromatic N) is 2. The minimum atomic E-state index is 0.234. The van der Waals surface area contributed by atoms with Crippen LogP contribution in [0.1, 0.15) is 63.0 Å². The Bertz CT molecular complexity index is 855. The van der Waals surface area contributed by atoms with E-state index in [4.69, 9.17) is 4.99 Å². The van der Waals surface area contributed by atoms with Crippen LogP contribution in [0.15, 0.2) is 53.5 Å². The Morgan fingerprint density at radius 1 is 1.04 bits per heavy atom. The molecule has 2 aromatic rings. The van der Waals surface area contributed by atoms with E-state index in [1.165, 1.54) is 49.8 Å². The minimum absolute atomic E-state index is 0.234. The summed E-state index contributed by atoms with van der Waals surface area (Å²) in [4.78, 5) is 4.75. The van der Waals surface area contributed by atoms with Crippen LogP contribution in [0.3, 0.4) is 0 Å². The van der Waals surface area contributed by atoms with Gasteiger partial charge in [0, 0.05) is 24.3 Å². The smallest absolute Gasteiger partial charge is 0.209 e. The predicted molar refractivity (Wildman–Crippen MR) is 115 cm³/mol. The van der Waals surface area contributed by atoms with Crippen molar-refractivity contribution in [3.8, 4) is 0 Å². The first-order valence-corrected chi connectivity index (χ1v) is 10.6. The first kappa shape index (κ1) is 18.2. The summed E-state index contributed by atoms with van der Waals surface area (Å²) in [6.45, 7) is 5.62. The molecular formula is C25H31N2+. The van der Waals surface area contributed by atoms with Gasteiger partial charge in [-0.3, -0.25) is 4.99 Å². The third kappa shape index (κ3) is 3.38. The van der Waals surface area contributed by atoms with Crippen LogP contribution in [0.5, 0.6) is 0 Å². The maximum Gasteiger partial charge on any atom is 0.209 e. The molecule has 4 rings (SSSR count). The highest BCUT2D eigenvalue weighted by atomic mass is 15.1. The first-order chi connectivity index (χ1) is 13.2. The second kappa shape index (κ2) is 7.80. The number of aliphatic imine (C=N–C) groups is 1. The van der Waals surface area contributed by atoms with Gasteiger partial charge in [-0.2, -0.15) is 4.58 Å². The summed E-state index contributed by atoms with van der Waals surface area (Å²) in [5.74, 6) is 0. The number of fused-ring (bicyclic) bond motifs is 2. The molecule has 0 amide bonds. The molecule has 0 bridgehead atoms. The summed E-state index contributed by atoms with van der Waals surface area (Å²) >= 11 is 0. The Kier molecular flexibility index (Phi) is 5.24. The van der Waals surface area contributed by atoms with Gasteiger partial charge in [-0.15, -0.1) is 0 Å². The van der Waals surface area contributed by atoms with Crippen molar-refractivity contribution in [3.63, 3.8) is 0 Å². The van der Waals surface area contributed by atoms with Gasteiger partial charge >= 0.3 is 0 Å². The molecule has 1 fully saturated rings. The van der Waals surface area contributed by atoms with Crippen molar-refractivity contribution in [1.29, 1.82) is 0 Å². The van der Waals surface area contributed by atoms with E-state index in [1.54, 1.807) is 11.3 Å². The van der Waals surface area contributed by atoms with Crippen LogP contribution in [0.4, 0.5) is 11.4 Å². The fourth-order valence-corrected chi connectivity index (χ4v) is 5.08. The molecule has 2 aromatic carbocycles. The molecular weight excluding hydrogens is 328 g/mol. The average molecular weight is 360 g/mol. The van der Waals surface area contributed by atoms with Crippen molar-refractivity contribution in [1.82, 2.24) is 0 Å². The third-order valence-corrected chi connectivity index (χ3v) is 6.27. The largest absolute Gasteiger partial charge is 0.261 e. The van der Waals surface area contributed by atoms with Crippen LogP contribution >= 0.6 is 0 Å². The zero-order valence-electron chi connectivity index (χ0n) is 16.7. The molecule has 1 aliphatic heterocycles. The van der Waals surface area contributed by atoms with Crippen LogP contribution < -0.4 is 0 Å². The first-order valence-electron chi connectivity index (χ1n) is 10.6. The fraction of sp³-hybridized carbons (Fsp3) is 0.440. The van der Waals surface area contributed by atoms with Crippen LogP contribution in [-0.4, -0.2) is 23.0 Å². The van der Waals surface area contributed by atoms with Crippen molar-refractivity contribution < 1.29 is 4.58 Å². The summed E-state index contributed by atoms with van der Waals surface area (Å²) in [5.41, 5.74) is 7.28. The van der Waals surface area contributed by atoms with Gasteiger partial charge in [-0.25, -0.2) is 0 Å². The van der Waals surface area contributed by atoms with Crippen LogP contribution in [0.2, 0.25) is 0 Å². The number of aryl methyl sites for hydroxylation is 1. The Morgan fingerprint density at radius 2 is 1.81 bits per heavy atom. The summed E-state index contributed by atoms with van der Waals surface area (Å²) in [5, 5.41) is 0. The Morgan fingerprint density at radius 3 is 2.56 bits per heavy atom. The minimum Gasteiger partial charge on any atom is -0.261 e. The molecule has 0 radical (unpaired) electrons. The molecule has 2 nitrogen and oxygen atoms in total. The number of para-hydroxylation sites is 1. The molecule has 1 saturated carbocycles. The summed E-state index contributed by atoms with van der Waals surface area (Å²) in [7, 11) is 0. The summed E-state index contributed by atoms with van der Waals surface area (Å²) < 4.78 is 2.62. The van der Waals surface area contributed by atoms with E-state index in [2.05, 4.69) is 67.1 Å². The van der Waals surface area contributed by atoms with Gasteiger partial charge in [0.25, 0.3) is 0 Å². The second-order valence-electron chi connectivity index (χ2n) is 8.11. The quantitative estimate of drug-likeness (QED) is 0.428. The molecule has 1 heterocycles. The highest BCUT2D eigenvalue weighted by Crippen LogP contribution is 2.49. The zero-order valence-corrected chi connectivity index (χ0v) is 16.7. The molecule has 2 heteroatoms. The zero-order chi connectivity index (χ0) is 18.7. The van der Waals surface area contributed by atoms with E-state index < -0.39 is 0 Å². The van der Waals surface area contributed by atoms with E-state index in [9.17, 15) is 0 Å². The molecule has 140 valence electrons. The molecule has 0 N–H and O–H groups in total. The van der Waals surface area contributed by atoms with E-state index in [1.807, 2.05) is 6.07 Å². The van der Waals surface area contributed by atoms with Gasteiger partial charge in [-0.1, -0.05) is 56.0 Å². The highest BCUT2D eigenvalue weighted by molar-refractivity contribution is 6.03. The normalized spacial score (nSPS) is 18.4. The lowest BCUT2D eigenvalue weighted by molar-refractivity contribution is -0.439. The topological polar surface area (TPSA) is 15.4 Å². The molecule has 0 unspecified atom stereocenters. The molecule has 2 aliphatic rings. The maximum absolute atomic E-state index is 4.75. The van der Waals surface area contributed by atoms with E-state index in [0.717, 1.165) is 18.7 Å². The molecule has 0 saturated heterocycles. The van der Waals surface area contributed by atoms with Gasteiger partial charge in [-0.05, 0) is 38.0 Å². The van der Waals surface area contributed by atoms with Gasteiger partial charge in [0.15, 0.2) is 5.71 Å². The van der Waals surface area contributed by atoms with Gasteiger partial charge < -0.3 is 0 Å². The van der Waals surface area contributed by atoms with Gasteiger partial charge in [0.1, 0.15) is 6.54 Å². The van der Waals surface area contributed by atoms with E-state index >= 15 is 0 Å². The average Bonchev–Trinajstić information content (AvgIpc) is 2.93.